The SMILES string of the molecule is CN(C(=O)CC(=O)Nc1ccc(Oc2ccnc3cc(-c4ccc(C=O)cn4)sc23)c(F)c1)c1ccc(F)cc1. The highest BCUT2D eigenvalue weighted by atomic mass is 32.1. The van der Waals surface area contributed by atoms with Crippen molar-refractivity contribution in [3.63, 3.8) is 0 Å². The first-order valence-corrected chi connectivity index (χ1v) is 12.7. The molecular weight excluding hydrogens is 538 g/mol. The molecule has 0 spiro atoms. The predicted molar refractivity (Wildman–Crippen MR) is 148 cm³/mol. The minimum Gasteiger partial charge on any atom is -0.453 e. The molecule has 8 nitrogen and oxygen atoms in total. The van der Waals surface area contributed by atoms with E-state index < -0.39 is 29.9 Å². The van der Waals surface area contributed by atoms with Crippen molar-refractivity contribution in [2.24, 2.45) is 0 Å². The molecule has 0 aliphatic carbocycles. The van der Waals surface area contributed by atoms with Gasteiger partial charge in [0.15, 0.2) is 17.9 Å². The van der Waals surface area contributed by atoms with Crippen molar-refractivity contribution < 1.29 is 27.9 Å². The fourth-order valence-corrected chi connectivity index (χ4v) is 4.83. The fraction of sp³-hybridized carbons (Fsp3) is 0.0690. The second-order valence-corrected chi connectivity index (χ2v) is 9.68. The monoisotopic (exact) mass is 558 g/mol. The van der Waals surface area contributed by atoms with Gasteiger partial charge in [-0.15, -0.1) is 11.3 Å². The third-order valence-electron chi connectivity index (χ3n) is 5.89. The van der Waals surface area contributed by atoms with Crippen LogP contribution in [0.2, 0.25) is 0 Å². The zero-order valence-electron chi connectivity index (χ0n) is 20.9. The topological polar surface area (TPSA) is 101 Å². The second-order valence-electron chi connectivity index (χ2n) is 8.63. The van der Waals surface area contributed by atoms with Crippen LogP contribution in [-0.2, 0) is 9.59 Å². The van der Waals surface area contributed by atoms with Crippen molar-refractivity contribution in [3.8, 4) is 22.1 Å². The van der Waals surface area contributed by atoms with Gasteiger partial charge in [0, 0.05) is 48.5 Å². The summed E-state index contributed by atoms with van der Waals surface area (Å²) in [5.74, 6) is -2.00. The number of benzene rings is 2. The first kappa shape index (κ1) is 26.6. The zero-order valence-corrected chi connectivity index (χ0v) is 21.7. The van der Waals surface area contributed by atoms with Crippen molar-refractivity contribution in [2.45, 2.75) is 6.42 Å². The summed E-state index contributed by atoms with van der Waals surface area (Å²) in [7, 11) is 1.47. The largest absolute Gasteiger partial charge is 0.453 e. The maximum absolute atomic E-state index is 14.9. The summed E-state index contributed by atoms with van der Waals surface area (Å²) in [6.07, 6.45) is 3.25. The van der Waals surface area contributed by atoms with Crippen LogP contribution in [0.1, 0.15) is 16.8 Å². The second kappa shape index (κ2) is 11.4. The van der Waals surface area contributed by atoms with E-state index in [4.69, 9.17) is 4.74 Å². The van der Waals surface area contributed by atoms with Crippen molar-refractivity contribution in [3.05, 3.63) is 96.3 Å². The molecule has 0 atom stereocenters. The molecule has 0 radical (unpaired) electrons. The number of carbonyl (C=O) groups is 3. The molecule has 5 rings (SSSR count). The van der Waals surface area contributed by atoms with Crippen LogP contribution in [0.5, 0.6) is 11.5 Å². The average molecular weight is 559 g/mol. The summed E-state index contributed by atoms with van der Waals surface area (Å²) in [6.45, 7) is 0. The van der Waals surface area contributed by atoms with E-state index in [9.17, 15) is 23.2 Å². The molecule has 200 valence electrons. The number of pyridine rings is 2. The number of anilines is 2. The molecule has 0 saturated heterocycles. The molecular formula is C29H20F2N4O4S. The first-order valence-electron chi connectivity index (χ1n) is 11.9. The highest BCUT2D eigenvalue weighted by Crippen LogP contribution is 2.39. The highest BCUT2D eigenvalue weighted by Gasteiger charge is 2.17. The van der Waals surface area contributed by atoms with Crippen molar-refractivity contribution in [1.82, 2.24) is 9.97 Å². The first-order chi connectivity index (χ1) is 19.3. The number of rotatable bonds is 8. The molecule has 11 heteroatoms. The van der Waals surface area contributed by atoms with E-state index in [2.05, 4.69) is 15.3 Å². The van der Waals surface area contributed by atoms with Crippen LogP contribution in [0, 0.1) is 11.6 Å². The van der Waals surface area contributed by atoms with Gasteiger partial charge in [0.25, 0.3) is 0 Å². The van der Waals surface area contributed by atoms with Gasteiger partial charge in [-0.05, 0) is 54.6 Å². The molecule has 3 aromatic heterocycles. The van der Waals surface area contributed by atoms with Gasteiger partial charge in [-0.2, -0.15) is 0 Å². The lowest BCUT2D eigenvalue weighted by Crippen LogP contribution is -2.30. The predicted octanol–water partition coefficient (Wildman–Crippen LogP) is 6.23. The molecule has 0 fully saturated rings. The lowest BCUT2D eigenvalue weighted by molar-refractivity contribution is -0.125. The van der Waals surface area contributed by atoms with Crippen LogP contribution in [0.4, 0.5) is 20.2 Å². The number of hydrogen-bond donors (Lipinski definition) is 1. The lowest BCUT2D eigenvalue weighted by Gasteiger charge is -2.17. The van der Waals surface area contributed by atoms with Gasteiger partial charge in [-0.1, -0.05) is 0 Å². The number of hydrogen-bond acceptors (Lipinski definition) is 7. The standard InChI is InChI=1S/C29H20F2N4O4S/c1-35(20-6-3-18(30)4-7-20)28(38)14-27(37)34-19-5-9-24(21(31)12-19)39-25-10-11-32-23-13-26(40-29(23)25)22-8-2-17(16-36)15-33-22/h2-13,15-16H,14H2,1H3,(H,34,37). The zero-order chi connectivity index (χ0) is 28.2. The number of aromatic nitrogens is 2. The third-order valence-corrected chi connectivity index (χ3v) is 7.05. The number of halogens is 2. The Morgan fingerprint density at radius 2 is 1.80 bits per heavy atom. The van der Waals surface area contributed by atoms with Crippen LogP contribution in [0.3, 0.4) is 0 Å². The van der Waals surface area contributed by atoms with E-state index in [-0.39, 0.29) is 11.4 Å². The molecule has 3 heterocycles. The quantitative estimate of drug-likeness (QED) is 0.179. The van der Waals surface area contributed by atoms with E-state index in [1.54, 1.807) is 24.4 Å². The van der Waals surface area contributed by atoms with Gasteiger partial charge >= 0.3 is 0 Å². The molecule has 40 heavy (non-hydrogen) atoms. The molecule has 0 saturated carbocycles. The van der Waals surface area contributed by atoms with Gasteiger partial charge in [0.1, 0.15) is 18.0 Å². The van der Waals surface area contributed by atoms with Crippen LogP contribution in [0.15, 0.2) is 79.1 Å². The Morgan fingerprint density at radius 1 is 1.00 bits per heavy atom. The number of amides is 2. The summed E-state index contributed by atoms with van der Waals surface area (Å²) in [5.41, 5.74) is 2.34. The maximum atomic E-state index is 14.9. The van der Waals surface area contributed by atoms with E-state index in [1.807, 2.05) is 6.07 Å². The lowest BCUT2D eigenvalue weighted by atomic mass is 10.2. The smallest absolute Gasteiger partial charge is 0.236 e. The summed E-state index contributed by atoms with van der Waals surface area (Å²) in [5, 5.41) is 2.50. The highest BCUT2D eigenvalue weighted by molar-refractivity contribution is 7.22. The average Bonchev–Trinajstić information content (AvgIpc) is 3.40. The van der Waals surface area contributed by atoms with Crippen LogP contribution >= 0.6 is 11.3 Å². The Hall–Kier alpha value is -5.03. The molecule has 0 bridgehead atoms. The van der Waals surface area contributed by atoms with Gasteiger partial charge < -0.3 is 15.0 Å². The fourth-order valence-electron chi connectivity index (χ4n) is 3.79. The number of nitrogens with one attached hydrogen (secondary N) is 1. The summed E-state index contributed by atoms with van der Waals surface area (Å²) in [4.78, 5) is 46.4. The van der Waals surface area contributed by atoms with Crippen LogP contribution in [-0.4, -0.2) is 35.1 Å². The van der Waals surface area contributed by atoms with Crippen molar-refractivity contribution in [1.29, 1.82) is 0 Å². The Balaban J connectivity index is 1.27. The van der Waals surface area contributed by atoms with E-state index in [1.165, 1.54) is 65.9 Å². The molecule has 1 N–H and O–H groups in total. The molecule has 0 aliphatic heterocycles. The van der Waals surface area contributed by atoms with Gasteiger partial charge in [0.2, 0.25) is 11.8 Å². The Labute approximate surface area is 230 Å². The third kappa shape index (κ3) is 5.84. The van der Waals surface area contributed by atoms with E-state index in [0.717, 1.165) is 17.2 Å². The van der Waals surface area contributed by atoms with Gasteiger partial charge in [-0.25, -0.2) is 8.78 Å². The minimum atomic E-state index is -0.722. The van der Waals surface area contributed by atoms with Gasteiger partial charge in [-0.3, -0.25) is 24.4 Å². The summed E-state index contributed by atoms with van der Waals surface area (Å²) >= 11 is 1.36. The Kier molecular flexibility index (Phi) is 7.56. The van der Waals surface area contributed by atoms with Crippen LogP contribution < -0.4 is 15.0 Å². The normalized spacial score (nSPS) is 10.8. The summed E-state index contributed by atoms with van der Waals surface area (Å²) in [6, 6.07) is 16.1. The van der Waals surface area contributed by atoms with Crippen LogP contribution in [0.25, 0.3) is 20.8 Å². The number of fused-ring (bicyclic) bond motifs is 1. The number of nitrogens with zero attached hydrogens (tertiary/aromatic N) is 3. The van der Waals surface area contributed by atoms with Crippen molar-refractivity contribution >= 4 is 51.0 Å². The molecule has 2 aromatic carbocycles. The number of thiophene rings is 1. The summed E-state index contributed by atoms with van der Waals surface area (Å²) < 4.78 is 34.6. The van der Waals surface area contributed by atoms with Crippen molar-refractivity contribution in [2.75, 3.05) is 17.3 Å². The molecule has 2 amide bonds. The minimum absolute atomic E-state index is 0.0685. The number of aldehydes is 1. The molecule has 5 aromatic rings. The molecule has 0 aliphatic rings. The van der Waals surface area contributed by atoms with E-state index >= 15 is 0 Å². The van der Waals surface area contributed by atoms with E-state index in [0.29, 0.717) is 32.9 Å². The number of ether oxygens (including phenoxy) is 1. The Bertz CT molecular complexity index is 1720. The maximum Gasteiger partial charge on any atom is 0.236 e. The molecule has 0 unspecified atom stereocenters. The Morgan fingerprint density at radius 3 is 2.50 bits per heavy atom. The number of carbonyl (C=O) groups excluding carboxylic acids is 3. The van der Waals surface area contributed by atoms with Gasteiger partial charge in [0.05, 0.1) is 20.8 Å².